The number of aromatic nitrogens is 1. The van der Waals surface area contributed by atoms with Gasteiger partial charge in [-0.05, 0) is 31.4 Å². The number of hydrogen-bond acceptors (Lipinski definition) is 3. The number of rotatable bonds is 3. The molecule has 6 heteroatoms. The van der Waals surface area contributed by atoms with Crippen LogP contribution in [0.2, 0.25) is 0 Å². The van der Waals surface area contributed by atoms with E-state index in [4.69, 9.17) is 5.11 Å². The van der Waals surface area contributed by atoms with Crippen molar-refractivity contribution < 1.29 is 14.7 Å². The summed E-state index contributed by atoms with van der Waals surface area (Å²) in [4.78, 5) is 36.4. The van der Waals surface area contributed by atoms with Crippen LogP contribution >= 0.6 is 0 Å². The Balaban J connectivity index is 1.99. The van der Waals surface area contributed by atoms with Gasteiger partial charge in [-0.15, -0.1) is 0 Å². The van der Waals surface area contributed by atoms with Crippen LogP contribution in [0.4, 0.5) is 0 Å². The van der Waals surface area contributed by atoms with Crippen molar-refractivity contribution in [3.63, 3.8) is 0 Å². The van der Waals surface area contributed by atoms with Crippen molar-refractivity contribution in [2.75, 3.05) is 0 Å². The highest BCUT2D eigenvalue weighted by Crippen LogP contribution is 2.25. The van der Waals surface area contributed by atoms with E-state index in [2.05, 4.69) is 10.3 Å². The minimum absolute atomic E-state index is 0.0521. The Kier molecular flexibility index (Phi) is 3.45. The summed E-state index contributed by atoms with van der Waals surface area (Å²) in [5, 5.41) is 11.6. The first-order chi connectivity index (χ1) is 8.58. The van der Waals surface area contributed by atoms with Crippen molar-refractivity contribution in [3.05, 3.63) is 34.2 Å². The van der Waals surface area contributed by atoms with E-state index in [1.807, 2.05) is 0 Å². The number of carboxylic acids is 1. The van der Waals surface area contributed by atoms with Gasteiger partial charge in [0.05, 0.1) is 5.92 Å². The first kappa shape index (κ1) is 12.3. The molecule has 18 heavy (non-hydrogen) atoms. The zero-order valence-corrected chi connectivity index (χ0v) is 9.68. The maximum Gasteiger partial charge on any atom is 0.306 e. The lowest BCUT2D eigenvalue weighted by Crippen LogP contribution is -2.36. The Morgan fingerprint density at radius 2 is 2.17 bits per heavy atom. The number of aromatic amines is 1. The van der Waals surface area contributed by atoms with Crippen molar-refractivity contribution in [3.8, 4) is 0 Å². The molecule has 1 aromatic heterocycles. The Bertz CT molecular complexity index is 523. The normalized spacial score (nSPS) is 22.7. The van der Waals surface area contributed by atoms with Gasteiger partial charge in [-0.2, -0.15) is 0 Å². The minimum atomic E-state index is -0.829. The molecule has 3 N–H and O–H groups in total. The molecule has 96 valence electrons. The summed E-state index contributed by atoms with van der Waals surface area (Å²) in [6.07, 6.45) is 3.07. The topological polar surface area (TPSA) is 99.3 Å². The Labute approximate surface area is 103 Å². The Hall–Kier alpha value is -2.11. The molecular formula is C12H14N2O4. The van der Waals surface area contributed by atoms with E-state index in [9.17, 15) is 14.4 Å². The molecule has 1 amide bonds. The van der Waals surface area contributed by atoms with Crippen molar-refractivity contribution in [2.24, 2.45) is 5.92 Å². The van der Waals surface area contributed by atoms with E-state index in [1.165, 1.54) is 12.3 Å². The Morgan fingerprint density at radius 3 is 2.78 bits per heavy atom. The quantitative estimate of drug-likeness (QED) is 0.721. The van der Waals surface area contributed by atoms with Gasteiger partial charge in [-0.1, -0.05) is 0 Å². The van der Waals surface area contributed by atoms with E-state index in [0.29, 0.717) is 19.3 Å². The van der Waals surface area contributed by atoms with Gasteiger partial charge in [0.25, 0.3) is 11.5 Å². The van der Waals surface area contributed by atoms with Crippen molar-refractivity contribution >= 4 is 11.9 Å². The predicted octanol–water partition coefficient (Wildman–Crippen LogP) is 0.358. The van der Waals surface area contributed by atoms with Crippen LogP contribution in [0.1, 0.15) is 29.6 Å². The van der Waals surface area contributed by atoms with Gasteiger partial charge in [-0.3, -0.25) is 14.4 Å². The molecule has 1 saturated carbocycles. The van der Waals surface area contributed by atoms with Crippen LogP contribution in [0.15, 0.2) is 23.1 Å². The van der Waals surface area contributed by atoms with E-state index in [-0.39, 0.29) is 11.6 Å². The molecule has 0 unspecified atom stereocenters. The summed E-state index contributed by atoms with van der Waals surface area (Å²) in [6, 6.07) is 2.85. The van der Waals surface area contributed by atoms with Gasteiger partial charge in [0.15, 0.2) is 0 Å². The highest BCUT2D eigenvalue weighted by molar-refractivity contribution is 5.94. The second kappa shape index (κ2) is 5.03. The molecule has 1 heterocycles. The van der Waals surface area contributed by atoms with Gasteiger partial charge in [0, 0.05) is 12.2 Å². The summed E-state index contributed by atoms with van der Waals surface area (Å²) in [6.45, 7) is 0. The summed E-state index contributed by atoms with van der Waals surface area (Å²) in [7, 11) is 0. The van der Waals surface area contributed by atoms with E-state index in [0.717, 1.165) is 0 Å². The number of hydrogen-bond donors (Lipinski definition) is 3. The third-order valence-corrected chi connectivity index (χ3v) is 3.18. The highest BCUT2D eigenvalue weighted by atomic mass is 16.4. The van der Waals surface area contributed by atoms with Crippen LogP contribution < -0.4 is 10.9 Å². The SMILES string of the molecule is O=C(N[C@H]1CC[C@@H](C(=O)O)C1)c1ccc[nH]c1=O. The van der Waals surface area contributed by atoms with E-state index >= 15 is 0 Å². The van der Waals surface area contributed by atoms with Crippen LogP contribution in [-0.4, -0.2) is 28.0 Å². The number of aliphatic carboxylic acids is 1. The Morgan fingerprint density at radius 1 is 1.39 bits per heavy atom. The molecule has 1 aliphatic rings. The fraction of sp³-hybridized carbons (Fsp3) is 0.417. The molecule has 6 nitrogen and oxygen atoms in total. The number of carbonyl (C=O) groups excluding carboxylic acids is 1. The molecule has 0 bridgehead atoms. The average Bonchev–Trinajstić information content (AvgIpc) is 2.78. The molecule has 0 spiro atoms. The van der Waals surface area contributed by atoms with E-state index < -0.39 is 23.4 Å². The first-order valence-corrected chi connectivity index (χ1v) is 5.79. The lowest BCUT2D eigenvalue weighted by atomic mass is 10.1. The van der Waals surface area contributed by atoms with Crippen LogP contribution in [0.25, 0.3) is 0 Å². The van der Waals surface area contributed by atoms with Gasteiger partial charge < -0.3 is 15.4 Å². The van der Waals surface area contributed by atoms with Crippen LogP contribution in [0.5, 0.6) is 0 Å². The number of nitrogens with one attached hydrogen (secondary N) is 2. The zero-order chi connectivity index (χ0) is 13.1. The molecule has 2 rings (SSSR count). The van der Waals surface area contributed by atoms with Gasteiger partial charge in [0.1, 0.15) is 5.56 Å². The molecule has 2 atom stereocenters. The number of H-pyrrole nitrogens is 1. The van der Waals surface area contributed by atoms with Crippen molar-refractivity contribution in [1.82, 2.24) is 10.3 Å². The standard InChI is InChI=1S/C12H14N2O4/c15-10-9(2-1-5-13-10)11(16)14-8-4-3-7(6-8)12(17)18/h1-2,5,7-8H,3-4,6H2,(H,13,15)(H,14,16)(H,17,18)/t7-,8+/m1/s1. The number of carbonyl (C=O) groups is 2. The predicted molar refractivity (Wildman–Crippen MR) is 63.3 cm³/mol. The summed E-state index contributed by atoms with van der Waals surface area (Å²) >= 11 is 0. The molecule has 0 aromatic carbocycles. The molecular weight excluding hydrogens is 236 g/mol. The monoisotopic (exact) mass is 250 g/mol. The fourth-order valence-corrected chi connectivity index (χ4v) is 2.20. The molecule has 0 aliphatic heterocycles. The van der Waals surface area contributed by atoms with Gasteiger partial charge in [-0.25, -0.2) is 0 Å². The fourth-order valence-electron chi connectivity index (χ4n) is 2.20. The zero-order valence-electron chi connectivity index (χ0n) is 9.68. The van der Waals surface area contributed by atoms with Crippen molar-refractivity contribution in [2.45, 2.75) is 25.3 Å². The minimum Gasteiger partial charge on any atom is -0.481 e. The molecule has 1 aromatic rings. The summed E-state index contributed by atoms with van der Waals surface area (Å²) in [5.41, 5.74) is -0.390. The molecule has 0 radical (unpaired) electrons. The largest absolute Gasteiger partial charge is 0.481 e. The second-order valence-corrected chi connectivity index (χ2v) is 4.43. The summed E-state index contributed by atoms with van der Waals surface area (Å²) in [5.74, 6) is -1.68. The van der Waals surface area contributed by atoms with Gasteiger partial charge >= 0.3 is 5.97 Å². The van der Waals surface area contributed by atoms with Crippen LogP contribution in [-0.2, 0) is 4.79 Å². The van der Waals surface area contributed by atoms with Crippen LogP contribution in [0.3, 0.4) is 0 Å². The summed E-state index contributed by atoms with van der Waals surface area (Å²) < 4.78 is 0. The number of amides is 1. The number of carboxylic acid groups (broad SMARTS) is 1. The van der Waals surface area contributed by atoms with Crippen LogP contribution in [0, 0.1) is 5.92 Å². The molecule has 1 aliphatic carbocycles. The molecule has 1 fully saturated rings. The van der Waals surface area contributed by atoms with Crippen molar-refractivity contribution in [1.29, 1.82) is 0 Å². The van der Waals surface area contributed by atoms with Gasteiger partial charge in [0.2, 0.25) is 0 Å². The smallest absolute Gasteiger partial charge is 0.306 e. The third kappa shape index (κ3) is 2.58. The first-order valence-electron chi connectivity index (χ1n) is 5.79. The second-order valence-electron chi connectivity index (χ2n) is 4.43. The molecule has 0 saturated heterocycles. The number of pyridine rings is 1. The lowest BCUT2D eigenvalue weighted by Gasteiger charge is -2.11. The lowest BCUT2D eigenvalue weighted by molar-refractivity contribution is -0.141. The maximum atomic E-state index is 11.8. The van der Waals surface area contributed by atoms with E-state index in [1.54, 1.807) is 6.07 Å². The third-order valence-electron chi connectivity index (χ3n) is 3.18. The maximum absolute atomic E-state index is 11.8. The average molecular weight is 250 g/mol. The highest BCUT2D eigenvalue weighted by Gasteiger charge is 2.30.